The van der Waals surface area contributed by atoms with Crippen LogP contribution in [-0.2, 0) is 14.4 Å². The van der Waals surface area contributed by atoms with E-state index in [4.69, 9.17) is 9.57 Å². The molecule has 3 rings (SSSR count). The first-order chi connectivity index (χ1) is 9.93. The fraction of sp³-hybridized carbons (Fsp3) is 0.875. The maximum atomic E-state index is 12.2. The van der Waals surface area contributed by atoms with E-state index in [0.29, 0.717) is 13.1 Å². The molecule has 6 heteroatoms. The molecule has 2 bridgehead atoms. The third-order valence-corrected chi connectivity index (χ3v) is 3.91. The summed E-state index contributed by atoms with van der Waals surface area (Å²) in [6.45, 7) is 12.5. The molecule has 126 valence electrons. The molecule has 22 heavy (non-hydrogen) atoms. The van der Waals surface area contributed by atoms with Crippen molar-refractivity contribution in [1.29, 1.82) is 0 Å². The Bertz CT molecular complexity index is 444. The van der Waals surface area contributed by atoms with Gasteiger partial charge in [0.15, 0.2) is 0 Å². The molecular weight excluding hydrogens is 284 g/mol. The van der Waals surface area contributed by atoms with E-state index >= 15 is 0 Å². The standard InChI is InChI=1S/C16H28N2O4/c1-14(2,3)21-13(20)18-10-16(7-12(18)8-16)9-17(11-19)22-15(4,5)6/h11-12H,7-10H2,1-6H3. The highest BCUT2D eigenvalue weighted by atomic mass is 16.7. The third-order valence-electron chi connectivity index (χ3n) is 3.91. The Hall–Kier alpha value is -1.30. The Morgan fingerprint density at radius 3 is 2.27 bits per heavy atom. The molecule has 3 aliphatic rings. The van der Waals surface area contributed by atoms with Gasteiger partial charge in [-0.25, -0.2) is 9.86 Å². The Morgan fingerprint density at radius 2 is 1.82 bits per heavy atom. The van der Waals surface area contributed by atoms with Gasteiger partial charge >= 0.3 is 6.09 Å². The van der Waals surface area contributed by atoms with Crippen LogP contribution in [0.5, 0.6) is 0 Å². The first-order valence-corrected chi connectivity index (χ1v) is 7.84. The van der Waals surface area contributed by atoms with Gasteiger partial charge in [-0.15, -0.1) is 0 Å². The van der Waals surface area contributed by atoms with Crippen LogP contribution in [-0.4, -0.2) is 52.8 Å². The topological polar surface area (TPSA) is 59.1 Å². The molecule has 0 N–H and O–H groups in total. The zero-order valence-electron chi connectivity index (χ0n) is 14.5. The number of ether oxygens (including phenoxy) is 1. The van der Waals surface area contributed by atoms with Crippen molar-refractivity contribution in [3.05, 3.63) is 0 Å². The van der Waals surface area contributed by atoms with E-state index in [1.807, 2.05) is 41.5 Å². The summed E-state index contributed by atoms with van der Waals surface area (Å²) in [6.07, 6.45) is 2.28. The minimum absolute atomic E-state index is 0.0479. The van der Waals surface area contributed by atoms with Gasteiger partial charge in [0.2, 0.25) is 6.41 Å². The van der Waals surface area contributed by atoms with Crippen molar-refractivity contribution in [2.45, 2.75) is 71.6 Å². The van der Waals surface area contributed by atoms with E-state index in [0.717, 1.165) is 19.3 Å². The average Bonchev–Trinajstić information content (AvgIpc) is 2.78. The highest BCUT2D eigenvalue weighted by Crippen LogP contribution is 2.52. The van der Waals surface area contributed by atoms with E-state index in [1.165, 1.54) is 5.06 Å². The second-order valence-electron chi connectivity index (χ2n) is 8.55. The van der Waals surface area contributed by atoms with E-state index < -0.39 is 11.2 Å². The van der Waals surface area contributed by atoms with Crippen LogP contribution in [0.3, 0.4) is 0 Å². The number of carbonyl (C=O) groups excluding carboxylic acids is 2. The van der Waals surface area contributed by atoms with Gasteiger partial charge in [0, 0.05) is 18.0 Å². The third kappa shape index (κ3) is 3.91. The summed E-state index contributed by atoms with van der Waals surface area (Å²) in [5.41, 5.74) is -0.945. The number of carbonyl (C=O) groups is 2. The number of hydrogen-bond donors (Lipinski definition) is 0. The molecule has 1 saturated carbocycles. The largest absolute Gasteiger partial charge is 0.444 e. The fourth-order valence-electron chi connectivity index (χ4n) is 3.27. The van der Waals surface area contributed by atoms with Gasteiger partial charge in [-0.05, 0) is 54.4 Å². The SMILES string of the molecule is CC(C)(C)OC(=O)N1CC2(CN(C=O)OC(C)(C)C)CC1C2. The van der Waals surface area contributed by atoms with Crippen molar-refractivity contribution in [2.24, 2.45) is 5.41 Å². The molecule has 2 amide bonds. The highest BCUT2D eigenvalue weighted by Gasteiger charge is 2.58. The number of rotatable bonds is 4. The van der Waals surface area contributed by atoms with Crippen LogP contribution in [0.1, 0.15) is 54.4 Å². The van der Waals surface area contributed by atoms with Crippen LogP contribution in [0.25, 0.3) is 0 Å². The van der Waals surface area contributed by atoms with Crippen molar-refractivity contribution < 1.29 is 19.2 Å². The second-order valence-corrected chi connectivity index (χ2v) is 8.55. The molecule has 2 heterocycles. The van der Waals surface area contributed by atoms with Crippen LogP contribution in [0.2, 0.25) is 0 Å². The molecule has 2 aliphatic heterocycles. The smallest absolute Gasteiger partial charge is 0.410 e. The fourth-order valence-corrected chi connectivity index (χ4v) is 3.27. The summed E-state index contributed by atoms with van der Waals surface area (Å²) in [5.74, 6) is 0. The molecule has 0 atom stereocenters. The summed E-state index contributed by atoms with van der Waals surface area (Å²) in [6, 6.07) is 0.234. The maximum Gasteiger partial charge on any atom is 0.410 e. The summed E-state index contributed by atoms with van der Waals surface area (Å²) in [4.78, 5) is 30.9. The molecule has 2 saturated heterocycles. The molecule has 0 aromatic rings. The van der Waals surface area contributed by atoms with Crippen molar-refractivity contribution >= 4 is 12.5 Å². The minimum Gasteiger partial charge on any atom is -0.444 e. The molecule has 0 radical (unpaired) electrons. The minimum atomic E-state index is -0.485. The molecule has 6 nitrogen and oxygen atoms in total. The van der Waals surface area contributed by atoms with E-state index in [2.05, 4.69) is 0 Å². The van der Waals surface area contributed by atoms with E-state index in [9.17, 15) is 9.59 Å². The van der Waals surface area contributed by atoms with Gasteiger partial charge < -0.3 is 9.64 Å². The van der Waals surface area contributed by atoms with Gasteiger partial charge in [-0.2, -0.15) is 0 Å². The molecule has 0 aromatic carbocycles. The predicted octanol–water partition coefficient (Wildman–Crippen LogP) is 2.57. The van der Waals surface area contributed by atoms with Gasteiger partial charge in [-0.1, -0.05) is 0 Å². The maximum absolute atomic E-state index is 12.2. The Morgan fingerprint density at radius 1 is 1.23 bits per heavy atom. The van der Waals surface area contributed by atoms with Gasteiger partial charge in [-0.3, -0.25) is 9.63 Å². The zero-order valence-corrected chi connectivity index (χ0v) is 14.5. The summed E-state index contributed by atoms with van der Waals surface area (Å²) >= 11 is 0. The lowest BCUT2D eigenvalue weighted by Gasteiger charge is -2.40. The average molecular weight is 312 g/mol. The Balaban J connectivity index is 1.93. The van der Waals surface area contributed by atoms with Crippen LogP contribution >= 0.6 is 0 Å². The van der Waals surface area contributed by atoms with E-state index in [1.54, 1.807) is 4.90 Å². The molecule has 1 aliphatic carbocycles. The molecule has 0 unspecified atom stereocenters. The molecular formula is C16H28N2O4. The molecule has 3 fully saturated rings. The van der Waals surface area contributed by atoms with Gasteiger partial charge in [0.1, 0.15) is 5.60 Å². The predicted molar refractivity (Wildman–Crippen MR) is 82.0 cm³/mol. The van der Waals surface area contributed by atoms with Crippen molar-refractivity contribution in [3.8, 4) is 0 Å². The highest BCUT2D eigenvalue weighted by molar-refractivity contribution is 5.70. The quantitative estimate of drug-likeness (QED) is 0.591. The van der Waals surface area contributed by atoms with Crippen LogP contribution in [0.4, 0.5) is 4.79 Å². The van der Waals surface area contributed by atoms with Crippen LogP contribution in [0.15, 0.2) is 0 Å². The summed E-state index contributed by atoms with van der Waals surface area (Å²) < 4.78 is 5.45. The van der Waals surface area contributed by atoms with Gasteiger partial charge in [0.05, 0.1) is 12.1 Å². The summed E-state index contributed by atoms with van der Waals surface area (Å²) in [7, 11) is 0. The van der Waals surface area contributed by atoms with Crippen molar-refractivity contribution in [1.82, 2.24) is 9.96 Å². The molecule has 0 spiro atoms. The molecule has 0 aromatic heterocycles. The first kappa shape index (κ1) is 17.1. The van der Waals surface area contributed by atoms with Crippen molar-refractivity contribution in [3.63, 3.8) is 0 Å². The number of hydrogen-bond acceptors (Lipinski definition) is 4. The zero-order chi connectivity index (χ0) is 16.8. The van der Waals surface area contributed by atoms with Crippen molar-refractivity contribution in [2.75, 3.05) is 13.1 Å². The number of hydroxylamine groups is 2. The van der Waals surface area contributed by atoms with E-state index in [-0.39, 0.29) is 17.6 Å². The normalized spacial score (nSPS) is 27.4. The van der Waals surface area contributed by atoms with Crippen LogP contribution in [0, 0.1) is 5.41 Å². The monoisotopic (exact) mass is 312 g/mol. The van der Waals surface area contributed by atoms with Crippen LogP contribution < -0.4 is 0 Å². The lowest BCUT2D eigenvalue weighted by Crippen LogP contribution is -2.46. The number of nitrogens with zero attached hydrogens (tertiary/aromatic N) is 2. The lowest BCUT2D eigenvalue weighted by atomic mass is 9.70. The lowest BCUT2D eigenvalue weighted by molar-refractivity contribution is -0.227. The van der Waals surface area contributed by atoms with Gasteiger partial charge in [0.25, 0.3) is 0 Å². The first-order valence-electron chi connectivity index (χ1n) is 7.84. The number of fused-ring (bicyclic) bond motifs is 1. The summed E-state index contributed by atoms with van der Waals surface area (Å²) in [5, 5.41) is 1.37. The Labute approximate surface area is 132 Å². The number of amides is 2. The Kier molecular flexibility index (Phi) is 4.19. The second kappa shape index (κ2) is 5.41.